The summed E-state index contributed by atoms with van der Waals surface area (Å²) < 4.78 is 13.8. The SMILES string of the molecule is O=C(C[C@@H]1C[C@@H]2CC(c3ccnc4ccc(F)cc34)=C[C@@H]2C1)Nc1ccc(Cl)cn1. The van der Waals surface area contributed by atoms with Gasteiger partial charge in [-0.3, -0.25) is 9.78 Å². The molecule has 1 saturated carbocycles. The molecule has 3 atom stereocenters. The minimum absolute atomic E-state index is 0.00500. The quantitative estimate of drug-likeness (QED) is 0.572. The number of hydrogen-bond acceptors (Lipinski definition) is 3. The first-order valence-electron chi connectivity index (χ1n) is 10.2. The predicted molar refractivity (Wildman–Crippen MR) is 116 cm³/mol. The largest absolute Gasteiger partial charge is 0.311 e. The molecule has 6 heteroatoms. The Morgan fingerprint density at radius 3 is 2.87 bits per heavy atom. The molecule has 4 nitrogen and oxygen atoms in total. The Morgan fingerprint density at radius 1 is 1.17 bits per heavy atom. The van der Waals surface area contributed by atoms with E-state index in [1.807, 2.05) is 6.07 Å². The van der Waals surface area contributed by atoms with Crippen molar-refractivity contribution in [2.45, 2.75) is 25.7 Å². The Balaban J connectivity index is 1.26. The van der Waals surface area contributed by atoms with Gasteiger partial charge in [0.05, 0.1) is 10.5 Å². The number of nitrogens with one attached hydrogen (secondary N) is 1. The number of amides is 1. The van der Waals surface area contributed by atoms with Crippen LogP contribution in [0.4, 0.5) is 10.2 Å². The lowest BCUT2D eigenvalue weighted by molar-refractivity contribution is -0.117. The van der Waals surface area contributed by atoms with Crippen molar-refractivity contribution >= 4 is 39.8 Å². The minimum Gasteiger partial charge on any atom is -0.311 e. The van der Waals surface area contributed by atoms with Gasteiger partial charge in [0.1, 0.15) is 11.6 Å². The fourth-order valence-electron chi connectivity index (χ4n) is 4.99. The van der Waals surface area contributed by atoms with Gasteiger partial charge in [0.15, 0.2) is 0 Å². The van der Waals surface area contributed by atoms with Crippen LogP contribution in [-0.2, 0) is 4.79 Å². The molecule has 1 fully saturated rings. The Labute approximate surface area is 179 Å². The van der Waals surface area contributed by atoms with Crippen LogP contribution in [0.25, 0.3) is 16.5 Å². The average molecular weight is 422 g/mol. The fraction of sp³-hybridized carbons (Fsp3) is 0.292. The summed E-state index contributed by atoms with van der Waals surface area (Å²) in [5.41, 5.74) is 3.17. The molecule has 152 valence electrons. The molecule has 5 rings (SSSR count). The fourth-order valence-corrected chi connectivity index (χ4v) is 5.11. The zero-order chi connectivity index (χ0) is 20.7. The lowest BCUT2D eigenvalue weighted by atomic mass is 9.94. The first-order valence-corrected chi connectivity index (χ1v) is 10.6. The van der Waals surface area contributed by atoms with Crippen molar-refractivity contribution in [1.29, 1.82) is 0 Å². The third-order valence-corrected chi connectivity index (χ3v) is 6.49. The average Bonchev–Trinajstić information content (AvgIpc) is 3.27. The Kier molecular flexibility index (Phi) is 4.99. The molecule has 0 bridgehead atoms. The molecule has 0 radical (unpaired) electrons. The number of halogens is 2. The molecular formula is C24H21ClFN3O. The van der Waals surface area contributed by atoms with Crippen LogP contribution in [0.3, 0.4) is 0 Å². The van der Waals surface area contributed by atoms with Gasteiger partial charge in [-0.2, -0.15) is 0 Å². The summed E-state index contributed by atoms with van der Waals surface area (Å²) in [5, 5.41) is 4.27. The Bertz CT molecular complexity index is 1140. The van der Waals surface area contributed by atoms with E-state index < -0.39 is 0 Å². The maximum absolute atomic E-state index is 13.8. The Hall–Kier alpha value is -2.79. The summed E-state index contributed by atoms with van der Waals surface area (Å²) in [6.45, 7) is 0. The van der Waals surface area contributed by atoms with E-state index in [0.29, 0.717) is 35.0 Å². The van der Waals surface area contributed by atoms with Crippen LogP contribution in [-0.4, -0.2) is 15.9 Å². The summed E-state index contributed by atoms with van der Waals surface area (Å²) in [6.07, 6.45) is 9.17. The second-order valence-corrected chi connectivity index (χ2v) is 8.73. The molecule has 1 N–H and O–H groups in total. The van der Waals surface area contributed by atoms with Crippen LogP contribution in [0, 0.1) is 23.6 Å². The highest BCUT2D eigenvalue weighted by atomic mass is 35.5. The van der Waals surface area contributed by atoms with E-state index in [-0.39, 0.29) is 11.7 Å². The second kappa shape index (κ2) is 7.80. The smallest absolute Gasteiger partial charge is 0.225 e. The monoisotopic (exact) mass is 421 g/mol. The second-order valence-electron chi connectivity index (χ2n) is 8.29. The number of carbonyl (C=O) groups is 1. The van der Waals surface area contributed by atoms with Gasteiger partial charge in [-0.25, -0.2) is 9.37 Å². The van der Waals surface area contributed by atoms with Crippen LogP contribution in [0.1, 0.15) is 31.2 Å². The summed E-state index contributed by atoms with van der Waals surface area (Å²) in [4.78, 5) is 20.9. The highest BCUT2D eigenvalue weighted by molar-refractivity contribution is 6.30. The lowest BCUT2D eigenvalue weighted by Gasteiger charge is -2.13. The molecule has 2 aliphatic rings. The number of aromatic nitrogens is 2. The maximum atomic E-state index is 13.8. The van der Waals surface area contributed by atoms with Crippen molar-refractivity contribution in [2.75, 3.05) is 5.32 Å². The van der Waals surface area contributed by atoms with E-state index in [2.05, 4.69) is 21.4 Å². The molecule has 0 spiro atoms. The molecule has 2 aliphatic carbocycles. The Morgan fingerprint density at radius 2 is 2.07 bits per heavy atom. The van der Waals surface area contributed by atoms with Gasteiger partial charge in [-0.05, 0) is 84.6 Å². The third-order valence-electron chi connectivity index (χ3n) is 6.26. The van der Waals surface area contributed by atoms with E-state index in [9.17, 15) is 9.18 Å². The first-order chi connectivity index (χ1) is 14.5. The number of rotatable bonds is 4. The van der Waals surface area contributed by atoms with E-state index in [0.717, 1.165) is 35.7 Å². The number of pyridine rings is 2. The topological polar surface area (TPSA) is 54.9 Å². The molecular weight excluding hydrogens is 401 g/mol. The number of anilines is 1. The van der Waals surface area contributed by atoms with Crippen molar-refractivity contribution in [3.8, 4) is 0 Å². The highest BCUT2D eigenvalue weighted by Gasteiger charge is 2.38. The number of allylic oxidation sites excluding steroid dienone is 2. The lowest BCUT2D eigenvalue weighted by Crippen LogP contribution is -2.16. The first kappa shape index (κ1) is 19.2. The normalized spacial score (nSPS) is 22.7. The van der Waals surface area contributed by atoms with Gasteiger partial charge in [-0.1, -0.05) is 17.7 Å². The van der Waals surface area contributed by atoms with E-state index in [4.69, 9.17) is 11.6 Å². The number of carbonyl (C=O) groups excluding carboxylic acids is 1. The van der Waals surface area contributed by atoms with Crippen molar-refractivity contribution in [3.05, 3.63) is 71.3 Å². The van der Waals surface area contributed by atoms with Crippen molar-refractivity contribution in [1.82, 2.24) is 9.97 Å². The molecule has 1 amide bonds. The molecule has 0 unspecified atom stereocenters. The molecule has 3 aromatic rings. The van der Waals surface area contributed by atoms with Crippen molar-refractivity contribution < 1.29 is 9.18 Å². The number of nitrogens with zero attached hydrogens (tertiary/aromatic N) is 2. The van der Waals surface area contributed by atoms with Gasteiger partial charge in [-0.15, -0.1) is 0 Å². The van der Waals surface area contributed by atoms with Crippen LogP contribution in [0.15, 0.2) is 54.9 Å². The van der Waals surface area contributed by atoms with Gasteiger partial charge in [0.25, 0.3) is 0 Å². The van der Waals surface area contributed by atoms with Crippen LogP contribution in [0.5, 0.6) is 0 Å². The molecule has 2 aromatic heterocycles. The maximum Gasteiger partial charge on any atom is 0.225 e. The highest BCUT2D eigenvalue weighted by Crippen LogP contribution is 2.49. The van der Waals surface area contributed by atoms with Gasteiger partial charge in [0, 0.05) is 24.2 Å². The molecule has 1 aromatic carbocycles. The summed E-state index contributed by atoms with van der Waals surface area (Å²) >= 11 is 5.83. The van der Waals surface area contributed by atoms with E-state index >= 15 is 0 Å². The summed E-state index contributed by atoms with van der Waals surface area (Å²) in [6, 6.07) is 10.2. The van der Waals surface area contributed by atoms with E-state index in [1.165, 1.54) is 17.8 Å². The number of hydrogen-bond donors (Lipinski definition) is 1. The predicted octanol–water partition coefficient (Wildman–Crippen LogP) is 5.88. The van der Waals surface area contributed by atoms with Crippen molar-refractivity contribution in [3.63, 3.8) is 0 Å². The molecule has 2 heterocycles. The van der Waals surface area contributed by atoms with Gasteiger partial charge >= 0.3 is 0 Å². The van der Waals surface area contributed by atoms with Gasteiger partial charge in [0.2, 0.25) is 5.91 Å². The van der Waals surface area contributed by atoms with Gasteiger partial charge < -0.3 is 5.32 Å². The van der Waals surface area contributed by atoms with Crippen LogP contribution in [0.2, 0.25) is 5.02 Å². The molecule has 0 aliphatic heterocycles. The number of fused-ring (bicyclic) bond motifs is 2. The third kappa shape index (κ3) is 3.82. The van der Waals surface area contributed by atoms with Crippen LogP contribution < -0.4 is 5.32 Å². The van der Waals surface area contributed by atoms with Crippen LogP contribution >= 0.6 is 11.6 Å². The standard InChI is InChI=1S/C24H21ClFN3O/c25-18-1-4-23(28-13-18)29-24(30)9-14-7-15-10-17(11-16(15)8-14)20-5-6-27-22-3-2-19(26)12-21(20)22/h1-6,10,12-16H,7-9,11H2,(H,28,29,30)/t14-,15-,16+/m0/s1. The summed E-state index contributed by atoms with van der Waals surface area (Å²) in [5.74, 6) is 1.68. The minimum atomic E-state index is -0.239. The molecule has 0 saturated heterocycles. The zero-order valence-electron chi connectivity index (χ0n) is 16.3. The summed E-state index contributed by atoms with van der Waals surface area (Å²) in [7, 11) is 0. The molecule has 30 heavy (non-hydrogen) atoms. The number of benzene rings is 1. The van der Waals surface area contributed by atoms with Crippen molar-refractivity contribution in [2.24, 2.45) is 17.8 Å². The van der Waals surface area contributed by atoms with E-state index in [1.54, 1.807) is 30.5 Å². The zero-order valence-corrected chi connectivity index (χ0v) is 17.1.